The smallest absolute Gasteiger partial charge is 0.166 e. The first kappa shape index (κ1) is 27.0. The molecule has 0 aliphatic heterocycles. The van der Waals surface area contributed by atoms with Crippen LogP contribution in [0.3, 0.4) is 0 Å². The summed E-state index contributed by atoms with van der Waals surface area (Å²) in [6.45, 7) is 0. The molecule has 0 saturated carbocycles. The summed E-state index contributed by atoms with van der Waals surface area (Å²) in [5.41, 5.74) is 8.60. The van der Waals surface area contributed by atoms with Crippen LogP contribution >= 0.6 is 0 Å². The van der Waals surface area contributed by atoms with E-state index < -0.39 is 18.1 Å². The van der Waals surface area contributed by atoms with Gasteiger partial charge in [0.15, 0.2) is 17.5 Å². The number of nitrogens with zero attached hydrogens (tertiary/aromatic N) is 4. The van der Waals surface area contributed by atoms with Gasteiger partial charge in [-0.25, -0.2) is 15.0 Å². The fourth-order valence-corrected chi connectivity index (χ4v) is 7.77. The van der Waals surface area contributed by atoms with Gasteiger partial charge < -0.3 is 8.98 Å². The Labute approximate surface area is 329 Å². The van der Waals surface area contributed by atoms with E-state index in [0.29, 0.717) is 39.8 Å². The van der Waals surface area contributed by atoms with Crippen LogP contribution in [-0.4, -0.2) is 19.5 Å². The number of aromatic nitrogens is 4. The summed E-state index contributed by atoms with van der Waals surface area (Å²) in [5, 5.41) is 3.73. The SMILES string of the molecule is [2H]c1c([2H])c([2H])c(-c2cc(-c3ccccc3)cc3c2oc2cc(-c4nc(-c5ccccc5)nc(-c5cccc6c7ccccc7n(-c7ccccc7)c56)n4)ccc23)c([2H])c1[2H]. The topological polar surface area (TPSA) is 56.7 Å². The van der Waals surface area contributed by atoms with Crippen LogP contribution in [0.2, 0.25) is 0 Å². The van der Waals surface area contributed by atoms with Crippen LogP contribution in [0.4, 0.5) is 0 Å². The van der Waals surface area contributed by atoms with Gasteiger partial charge >= 0.3 is 0 Å². The van der Waals surface area contributed by atoms with Gasteiger partial charge in [0, 0.05) is 49.5 Å². The molecule has 0 aliphatic rings. The second-order valence-corrected chi connectivity index (χ2v) is 13.6. The van der Waals surface area contributed by atoms with Gasteiger partial charge in [-0.15, -0.1) is 0 Å². The molecular weight excluding hydrogens is 685 g/mol. The maximum absolute atomic E-state index is 8.89. The molecule has 0 radical (unpaired) electrons. The van der Waals surface area contributed by atoms with Gasteiger partial charge in [0.05, 0.1) is 17.9 Å². The number of hydrogen-bond acceptors (Lipinski definition) is 4. The molecule has 56 heavy (non-hydrogen) atoms. The molecule has 262 valence electrons. The quantitative estimate of drug-likeness (QED) is 0.172. The van der Waals surface area contributed by atoms with Crippen molar-refractivity contribution < 1.29 is 11.3 Å². The van der Waals surface area contributed by atoms with Crippen molar-refractivity contribution in [3.63, 3.8) is 0 Å². The summed E-state index contributed by atoms with van der Waals surface area (Å²) in [6.07, 6.45) is 0. The van der Waals surface area contributed by atoms with Crippen molar-refractivity contribution in [2.24, 2.45) is 0 Å². The predicted octanol–water partition coefficient (Wildman–Crippen LogP) is 13.2. The highest BCUT2D eigenvalue weighted by molar-refractivity contribution is 6.14. The normalized spacial score (nSPS) is 12.8. The van der Waals surface area contributed by atoms with Gasteiger partial charge in [0.1, 0.15) is 11.2 Å². The van der Waals surface area contributed by atoms with Gasteiger partial charge in [-0.3, -0.25) is 0 Å². The van der Waals surface area contributed by atoms with Crippen LogP contribution in [0.25, 0.3) is 106 Å². The lowest BCUT2D eigenvalue weighted by Gasteiger charge is -2.12. The molecule has 11 rings (SSSR count). The average Bonchev–Trinajstić information content (AvgIpc) is 3.86. The molecule has 0 bridgehead atoms. The van der Waals surface area contributed by atoms with Crippen molar-refractivity contribution in [1.82, 2.24) is 19.5 Å². The Kier molecular flexibility index (Phi) is 6.29. The maximum atomic E-state index is 8.89. The fraction of sp³-hybridized carbons (Fsp3) is 0. The molecular formula is C51H32N4O. The molecule has 0 N–H and O–H groups in total. The zero-order valence-corrected chi connectivity index (χ0v) is 29.8. The number of hydrogen-bond donors (Lipinski definition) is 0. The number of fused-ring (bicyclic) bond motifs is 6. The van der Waals surface area contributed by atoms with Crippen molar-refractivity contribution >= 4 is 43.7 Å². The molecule has 3 aromatic heterocycles. The molecule has 8 aromatic carbocycles. The Balaban J connectivity index is 1.15. The Hall–Kier alpha value is -7.63. The van der Waals surface area contributed by atoms with Crippen LogP contribution < -0.4 is 0 Å². The molecule has 5 nitrogen and oxygen atoms in total. The van der Waals surface area contributed by atoms with E-state index in [9.17, 15) is 0 Å². The molecule has 0 saturated heterocycles. The third kappa shape index (κ3) is 5.29. The van der Waals surface area contributed by atoms with E-state index >= 15 is 0 Å². The van der Waals surface area contributed by atoms with E-state index in [1.807, 2.05) is 115 Å². The zero-order valence-electron chi connectivity index (χ0n) is 34.8. The highest BCUT2D eigenvalue weighted by Gasteiger charge is 2.21. The van der Waals surface area contributed by atoms with E-state index in [1.165, 1.54) is 0 Å². The fourth-order valence-electron chi connectivity index (χ4n) is 7.77. The van der Waals surface area contributed by atoms with Crippen molar-refractivity contribution in [1.29, 1.82) is 0 Å². The van der Waals surface area contributed by atoms with Crippen molar-refractivity contribution in [3.05, 3.63) is 194 Å². The first-order chi connectivity index (χ1) is 29.8. The first-order valence-corrected chi connectivity index (χ1v) is 18.4. The van der Waals surface area contributed by atoms with Crippen LogP contribution in [-0.2, 0) is 0 Å². The molecule has 0 aliphatic carbocycles. The second kappa shape index (κ2) is 13.0. The molecule has 0 spiro atoms. The third-order valence-corrected chi connectivity index (χ3v) is 10.3. The second-order valence-electron chi connectivity index (χ2n) is 13.6. The number of furan rings is 1. The number of para-hydroxylation sites is 3. The first-order valence-electron chi connectivity index (χ1n) is 20.9. The Morgan fingerprint density at radius 2 is 1.09 bits per heavy atom. The lowest BCUT2D eigenvalue weighted by atomic mass is 9.95. The maximum Gasteiger partial charge on any atom is 0.166 e. The standard InChI is InChI=1S/C51H32N4O/c1-5-16-33(17-6-1)37-30-43(34-18-7-2-8-19-34)48-44(31-37)40-29-28-36(32-46(40)56-48)50-52-49(35-20-9-3-10-21-35)53-51(54-50)42-26-15-25-41-39-24-13-14-27-45(39)55(47(41)42)38-22-11-4-12-23-38/h1-32H/i2D,7D,8D,18D,19D. The predicted molar refractivity (Wildman–Crippen MR) is 229 cm³/mol. The average molecular weight is 722 g/mol. The summed E-state index contributed by atoms with van der Waals surface area (Å²) < 4.78 is 51.9. The lowest BCUT2D eigenvalue weighted by molar-refractivity contribution is 0.670. The molecule has 0 fully saturated rings. The van der Waals surface area contributed by atoms with Crippen molar-refractivity contribution in [2.45, 2.75) is 0 Å². The van der Waals surface area contributed by atoms with E-state index in [-0.39, 0.29) is 17.6 Å². The van der Waals surface area contributed by atoms with Crippen LogP contribution in [0, 0.1) is 0 Å². The van der Waals surface area contributed by atoms with Crippen molar-refractivity contribution in [3.8, 4) is 62.1 Å². The minimum Gasteiger partial charge on any atom is -0.455 e. The van der Waals surface area contributed by atoms with Gasteiger partial charge in [-0.2, -0.15) is 0 Å². The van der Waals surface area contributed by atoms with Gasteiger partial charge in [0.2, 0.25) is 0 Å². The van der Waals surface area contributed by atoms with Crippen LogP contribution in [0.5, 0.6) is 0 Å². The Morgan fingerprint density at radius 3 is 1.88 bits per heavy atom. The highest BCUT2D eigenvalue weighted by atomic mass is 16.3. The molecule has 0 amide bonds. The van der Waals surface area contributed by atoms with E-state index in [2.05, 4.69) is 53.1 Å². The van der Waals surface area contributed by atoms with Crippen LogP contribution in [0.1, 0.15) is 6.85 Å². The Morgan fingerprint density at radius 1 is 0.429 bits per heavy atom. The summed E-state index contributed by atoms with van der Waals surface area (Å²) in [5.74, 6) is 1.47. The molecule has 0 atom stereocenters. The van der Waals surface area contributed by atoms with E-state index in [1.54, 1.807) is 0 Å². The molecule has 11 aromatic rings. The summed E-state index contributed by atoms with van der Waals surface area (Å²) in [6, 6.07) is 52.4. The molecule has 0 unspecified atom stereocenters. The lowest BCUT2D eigenvalue weighted by Crippen LogP contribution is -2.02. The summed E-state index contributed by atoms with van der Waals surface area (Å²) in [4.78, 5) is 15.4. The van der Waals surface area contributed by atoms with E-state index in [4.69, 9.17) is 26.2 Å². The monoisotopic (exact) mass is 721 g/mol. The van der Waals surface area contributed by atoms with E-state index in [0.717, 1.165) is 60.5 Å². The third-order valence-electron chi connectivity index (χ3n) is 10.3. The largest absolute Gasteiger partial charge is 0.455 e. The van der Waals surface area contributed by atoms with Gasteiger partial charge in [0.25, 0.3) is 0 Å². The molecule has 3 heterocycles. The molecule has 5 heteroatoms. The minimum atomic E-state index is -0.451. The summed E-state index contributed by atoms with van der Waals surface area (Å²) >= 11 is 0. The highest BCUT2D eigenvalue weighted by Crippen LogP contribution is 2.42. The van der Waals surface area contributed by atoms with Gasteiger partial charge in [-0.05, 0) is 65.2 Å². The van der Waals surface area contributed by atoms with Gasteiger partial charge in [-0.1, -0.05) is 145 Å². The number of rotatable bonds is 6. The minimum absolute atomic E-state index is 0.0739. The number of benzene rings is 8. The van der Waals surface area contributed by atoms with Crippen LogP contribution in [0.15, 0.2) is 198 Å². The summed E-state index contributed by atoms with van der Waals surface area (Å²) in [7, 11) is 0. The Bertz CT molecular complexity index is 3500. The zero-order chi connectivity index (χ0) is 41.4. The van der Waals surface area contributed by atoms with Crippen molar-refractivity contribution in [2.75, 3.05) is 0 Å².